The molecule has 0 saturated carbocycles. The highest BCUT2D eigenvalue weighted by Gasteiger charge is 2.35. The Labute approximate surface area is 243 Å². The van der Waals surface area contributed by atoms with Crippen molar-refractivity contribution >= 4 is 50.3 Å². The number of carbonyl (C=O) groups excluding carboxylic acids is 3. The van der Waals surface area contributed by atoms with E-state index in [1.165, 1.54) is 11.9 Å². The van der Waals surface area contributed by atoms with Gasteiger partial charge in [0.15, 0.2) is 0 Å². The van der Waals surface area contributed by atoms with Crippen LogP contribution in [0.25, 0.3) is 10.8 Å². The van der Waals surface area contributed by atoms with Crippen LogP contribution in [-0.2, 0) is 27.3 Å². The van der Waals surface area contributed by atoms with E-state index >= 15 is 0 Å². The average molecular weight is 611 g/mol. The van der Waals surface area contributed by atoms with E-state index in [1.54, 1.807) is 39.7 Å². The average Bonchev–Trinajstić information content (AvgIpc) is 3.04. The Balaban J connectivity index is 1.65. The summed E-state index contributed by atoms with van der Waals surface area (Å²) in [7, 11) is 3.13. The van der Waals surface area contributed by atoms with Crippen LogP contribution < -0.4 is 15.0 Å². The van der Waals surface area contributed by atoms with E-state index in [0.717, 1.165) is 32.1 Å². The summed E-state index contributed by atoms with van der Waals surface area (Å²) >= 11 is 3.63. The molecule has 3 aromatic carbocycles. The van der Waals surface area contributed by atoms with Crippen molar-refractivity contribution in [2.24, 2.45) is 0 Å². The first-order valence-corrected chi connectivity index (χ1v) is 14.1. The maximum atomic E-state index is 14.1. The molecule has 1 heterocycles. The van der Waals surface area contributed by atoms with E-state index in [-0.39, 0.29) is 12.5 Å². The van der Waals surface area contributed by atoms with Gasteiger partial charge in [0.1, 0.15) is 23.4 Å². The fraction of sp³-hybridized carbons (Fsp3) is 0.387. The monoisotopic (exact) mass is 609 g/mol. The zero-order valence-electron chi connectivity index (χ0n) is 23.8. The Morgan fingerprint density at radius 3 is 2.52 bits per heavy atom. The molecule has 1 N–H and O–H groups in total. The second-order valence-corrected chi connectivity index (χ2v) is 11.9. The summed E-state index contributed by atoms with van der Waals surface area (Å²) in [6.45, 7) is 7.18. The van der Waals surface area contributed by atoms with Crippen molar-refractivity contribution in [2.75, 3.05) is 19.1 Å². The largest absolute Gasteiger partial charge is 0.496 e. The van der Waals surface area contributed by atoms with Crippen molar-refractivity contribution in [3.8, 4) is 5.75 Å². The number of nitrogens with one attached hydrogen (secondary N) is 1. The second kappa shape index (κ2) is 11.9. The van der Waals surface area contributed by atoms with Crippen LogP contribution in [0.1, 0.15) is 45.2 Å². The van der Waals surface area contributed by atoms with Crippen molar-refractivity contribution < 1.29 is 23.9 Å². The molecule has 0 unspecified atom stereocenters. The number of hydrogen-bond donors (Lipinski definition) is 1. The summed E-state index contributed by atoms with van der Waals surface area (Å²) in [4.78, 5) is 42.9. The predicted molar refractivity (Wildman–Crippen MR) is 160 cm³/mol. The van der Waals surface area contributed by atoms with Crippen LogP contribution in [0.2, 0.25) is 0 Å². The molecule has 0 aliphatic carbocycles. The topological polar surface area (TPSA) is 88.2 Å². The smallest absolute Gasteiger partial charge is 0.410 e. The Morgan fingerprint density at radius 2 is 1.82 bits per heavy atom. The number of carbonyl (C=O) groups is 3. The van der Waals surface area contributed by atoms with Gasteiger partial charge in [-0.05, 0) is 81.1 Å². The number of methoxy groups -OCH3 is 1. The predicted octanol–water partition coefficient (Wildman–Crippen LogP) is 5.83. The molecular weight excluding hydrogens is 574 g/mol. The van der Waals surface area contributed by atoms with Gasteiger partial charge in [0.05, 0.1) is 13.7 Å². The lowest BCUT2D eigenvalue weighted by molar-refractivity contribution is -0.130. The molecule has 9 heteroatoms. The lowest BCUT2D eigenvalue weighted by Crippen LogP contribution is -2.54. The number of fused-ring (bicyclic) bond motifs is 2. The summed E-state index contributed by atoms with van der Waals surface area (Å²) < 4.78 is 12.1. The lowest BCUT2D eigenvalue weighted by Gasteiger charge is -2.30. The molecule has 0 bridgehead atoms. The van der Waals surface area contributed by atoms with Crippen LogP contribution in [0.3, 0.4) is 0 Å². The molecule has 8 nitrogen and oxygen atoms in total. The Hall–Kier alpha value is -3.59. The number of halogens is 1. The zero-order valence-corrected chi connectivity index (χ0v) is 25.4. The third-order valence-corrected chi connectivity index (χ3v) is 7.81. The third kappa shape index (κ3) is 6.25. The molecule has 0 spiro atoms. The van der Waals surface area contributed by atoms with Crippen molar-refractivity contribution in [2.45, 2.75) is 64.8 Å². The maximum absolute atomic E-state index is 14.1. The third-order valence-electron chi connectivity index (χ3n) is 7.12. The number of ether oxygens (including phenoxy) is 2. The van der Waals surface area contributed by atoms with Crippen LogP contribution in [0, 0.1) is 0 Å². The summed E-state index contributed by atoms with van der Waals surface area (Å²) in [5.74, 6) is 0.0251. The van der Waals surface area contributed by atoms with Crippen LogP contribution in [0.5, 0.6) is 5.75 Å². The normalized spacial score (nSPS) is 16.1. The van der Waals surface area contributed by atoms with Gasteiger partial charge in [0, 0.05) is 22.8 Å². The zero-order chi connectivity index (χ0) is 29.2. The Morgan fingerprint density at radius 1 is 1.10 bits per heavy atom. The van der Waals surface area contributed by atoms with E-state index < -0.39 is 29.7 Å². The highest BCUT2D eigenvalue weighted by atomic mass is 79.9. The van der Waals surface area contributed by atoms with Crippen molar-refractivity contribution in [1.82, 2.24) is 10.2 Å². The molecule has 40 heavy (non-hydrogen) atoms. The number of benzene rings is 3. The SMILES string of the molecule is COc1ccc2c(Br)cccc2c1CN1C(=O)[C@@H](NC(=O)[C@H](C)N(C)C(=O)OC(C)(C)C)CCc2ccccc21. The minimum Gasteiger partial charge on any atom is -0.496 e. The number of nitrogens with zero attached hydrogens (tertiary/aromatic N) is 2. The highest BCUT2D eigenvalue weighted by Crippen LogP contribution is 2.36. The van der Waals surface area contributed by atoms with Crippen LogP contribution in [0.15, 0.2) is 59.1 Å². The van der Waals surface area contributed by atoms with Crippen LogP contribution >= 0.6 is 15.9 Å². The van der Waals surface area contributed by atoms with Crippen LogP contribution in [-0.4, -0.2) is 54.6 Å². The van der Waals surface area contributed by atoms with E-state index in [1.807, 2.05) is 54.6 Å². The lowest BCUT2D eigenvalue weighted by atomic mass is 10.0. The molecule has 1 aliphatic heterocycles. The summed E-state index contributed by atoms with van der Waals surface area (Å²) in [6, 6.07) is 16.0. The molecule has 0 fully saturated rings. The molecule has 4 rings (SSSR count). The van der Waals surface area contributed by atoms with E-state index in [0.29, 0.717) is 18.6 Å². The summed E-state index contributed by atoms with van der Waals surface area (Å²) in [5.41, 5.74) is 2.00. The summed E-state index contributed by atoms with van der Waals surface area (Å²) in [6.07, 6.45) is 0.433. The number of likely N-dealkylation sites (N-methyl/N-ethyl adjacent to an activating group) is 1. The maximum Gasteiger partial charge on any atom is 0.410 e. The minimum atomic E-state index is -0.836. The minimum absolute atomic E-state index is 0.223. The van der Waals surface area contributed by atoms with Gasteiger partial charge in [-0.1, -0.05) is 46.3 Å². The molecular formula is C31H36BrN3O5. The number of hydrogen-bond acceptors (Lipinski definition) is 5. The number of rotatable bonds is 6. The molecule has 0 radical (unpaired) electrons. The first-order chi connectivity index (χ1) is 18.9. The van der Waals surface area contributed by atoms with Crippen molar-refractivity contribution in [3.05, 3.63) is 70.2 Å². The van der Waals surface area contributed by atoms with E-state index in [4.69, 9.17) is 9.47 Å². The first-order valence-electron chi connectivity index (χ1n) is 13.3. The molecule has 1 aliphatic rings. The second-order valence-electron chi connectivity index (χ2n) is 11.0. The fourth-order valence-electron chi connectivity index (χ4n) is 4.85. The van der Waals surface area contributed by atoms with Gasteiger partial charge < -0.3 is 19.7 Å². The Kier molecular flexibility index (Phi) is 8.73. The van der Waals surface area contributed by atoms with Gasteiger partial charge in [-0.2, -0.15) is 0 Å². The molecule has 2 atom stereocenters. The molecule has 0 aromatic heterocycles. The molecule has 3 aromatic rings. The Bertz CT molecular complexity index is 1430. The highest BCUT2D eigenvalue weighted by molar-refractivity contribution is 9.10. The van der Waals surface area contributed by atoms with E-state index in [9.17, 15) is 14.4 Å². The fourth-order valence-corrected chi connectivity index (χ4v) is 5.35. The summed E-state index contributed by atoms with van der Waals surface area (Å²) in [5, 5.41) is 4.89. The van der Waals surface area contributed by atoms with Gasteiger partial charge >= 0.3 is 6.09 Å². The van der Waals surface area contributed by atoms with Crippen molar-refractivity contribution in [1.29, 1.82) is 0 Å². The number of aryl methyl sites for hydroxylation is 1. The number of amides is 3. The van der Waals surface area contributed by atoms with Gasteiger partial charge in [0.25, 0.3) is 0 Å². The van der Waals surface area contributed by atoms with Gasteiger partial charge in [-0.15, -0.1) is 0 Å². The molecule has 0 saturated heterocycles. The molecule has 212 valence electrons. The van der Waals surface area contributed by atoms with E-state index in [2.05, 4.69) is 21.2 Å². The van der Waals surface area contributed by atoms with Crippen LogP contribution in [0.4, 0.5) is 10.5 Å². The van der Waals surface area contributed by atoms with Gasteiger partial charge in [-0.25, -0.2) is 4.79 Å². The van der Waals surface area contributed by atoms with Crippen molar-refractivity contribution in [3.63, 3.8) is 0 Å². The van der Waals surface area contributed by atoms with Gasteiger partial charge in [0.2, 0.25) is 11.8 Å². The molecule has 3 amide bonds. The first kappa shape index (κ1) is 29.4. The quantitative estimate of drug-likeness (QED) is 0.380. The number of anilines is 1. The van der Waals surface area contributed by atoms with Gasteiger partial charge in [-0.3, -0.25) is 14.5 Å². The standard InChI is InChI=1S/C31H36BrN3O5/c1-19(34(5)30(38)40-31(2,3)4)28(36)33-25-16-14-20-10-7-8-13-26(20)35(29(25)37)18-23-21-11-9-12-24(32)22(21)15-17-27(23)39-6/h7-13,15,17,19,25H,14,16,18H2,1-6H3,(H,33,36)/t19-,25-/m0/s1. The number of para-hydroxylation sites is 1.